The Balaban J connectivity index is 2.07. The number of piperidine rings is 1. The van der Waals surface area contributed by atoms with Gasteiger partial charge in [-0.2, -0.15) is 5.10 Å². The molecule has 0 amide bonds. The fraction of sp³-hybridized carbons (Fsp3) is 0.692. The minimum atomic E-state index is -0.234. The van der Waals surface area contributed by atoms with E-state index in [1.807, 2.05) is 19.0 Å². The van der Waals surface area contributed by atoms with Crippen LogP contribution in [0.25, 0.3) is 0 Å². The van der Waals surface area contributed by atoms with E-state index >= 15 is 0 Å². The molecule has 6 nitrogen and oxygen atoms in total. The van der Waals surface area contributed by atoms with Crippen LogP contribution >= 0.6 is 11.6 Å². The molecule has 7 heteroatoms. The van der Waals surface area contributed by atoms with Gasteiger partial charge in [0, 0.05) is 19.1 Å². The third-order valence-electron chi connectivity index (χ3n) is 3.40. The number of likely N-dealkylation sites (N-methyl/N-ethyl adjacent to an activating group) is 1. The van der Waals surface area contributed by atoms with E-state index in [0.29, 0.717) is 18.3 Å². The molecule has 1 fully saturated rings. The van der Waals surface area contributed by atoms with E-state index < -0.39 is 0 Å². The van der Waals surface area contributed by atoms with E-state index in [2.05, 4.69) is 15.7 Å². The van der Waals surface area contributed by atoms with Crippen LogP contribution in [0.2, 0.25) is 5.02 Å². The fourth-order valence-electron chi connectivity index (χ4n) is 2.21. The summed E-state index contributed by atoms with van der Waals surface area (Å²) in [5.41, 5.74) is 0.397. The Bertz CT molecular complexity index is 496. The van der Waals surface area contributed by atoms with E-state index in [-0.39, 0.29) is 10.6 Å². The molecule has 2 heterocycles. The van der Waals surface area contributed by atoms with Crippen molar-refractivity contribution in [2.24, 2.45) is 0 Å². The van der Waals surface area contributed by atoms with Gasteiger partial charge in [0.25, 0.3) is 5.56 Å². The zero-order valence-electron chi connectivity index (χ0n) is 12.0. The molecule has 1 atom stereocenters. The Kier molecular flexibility index (Phi) is 5.39. The van der Waals surface area contributed by atoms with E-state index in [1.54, 1.807) is 6.20 Å². The zero-order chi connectivity index (χ0) is 14.5. The molecule has 1 aromatic heterocycles. The summed E-state index contributed by atoms with van der Waals surface area (Å²) in [6, 6.07) is 0.306. The lowest BCUT2D eigenvalue weighted by Crippen LogP contribution is -2.39. The number of anilines is 1. The molecule has 0 radical (unpaired) electrons. The Morgan fingerprint density at radius 1 is 1.60 bits per heavy atom. The van der Waals surface area contributed by atoms with Gasteiger partial charge in [-0.25, -0.2) is 4.68 Å². The van der Waals surface area contributed by atoms with Gasteiger partial charge >= 0.3 is 0 Å². The van der Waals surface area contributed by atoms with Crippen LogP contribution < -0.4 is 16.2 Å². The average Bonchev–Trinajstić information content (AvgIpc) is 2.44. The van der Waals surface area contributed by atoms with Gasteiger partial charge in [-0.3, -0.25) is 4.79 Å². The van der Waals surface area contributed by atoms with Crippen LogP contribution in [-0.2, 0) is 6.54 Å². The third-order valence-corrected chi connectivity index (χ3v) is 3.77. The maximum Gasteiger partial charge on any atom is 0.287 e. The van der Waals surface area contributed by atoms with E-state index in [1.165, 1.54) is 4.68 Å². The molecule has 112 valence electrons. The minimum Gasteiger partial charge on any atom is -0.378 e. The van der Waals surface area contributed by atoms with Gasteiger partial charge in [0.05, 0.1) is 18.4 Å². The molecular weight excluding hydrogens is 278 g/mol. The normalized spacial score (nSPS) is 19.3. The van der Waals surface area contributed by atoms with E-state index in [0.717, 1.165) is 32.5 Å². The summed E-state index contributed by atoms with van der Waals surface area (Å²) in [4.78, 5) is 14.1. The third kappa shape index (κ3) is 3.94. The minimum absolute atomic E-state index is 0.226. The first-order valence-corrected chi connectivity index (χ1v) is 7.33. The molecule has 2 rings (SSSR count). The molecule has 0 aromatic carbocycles. The second-order valence-electron chi connectivity index (χ2n) is 5.39. The lowest BCUT2D eigenvalue weighted by atomic mass is 10.1. The van der Waals surface area contributed by atoms with Crippen molar-refractivity contribution in [1.29, 1.82) is 0 Å². The van der Waals surface area contributed by atoms with Gasteiger partial charge in [0.2, 0.25) is 0 Å². The molecule has 2 N–H and O–H groups in total. The first-order valence-electron chi connectivity index (χ1n) is 6.95. The number of nitrogens with zero attached hydrogens (tertiary/aromatic N) is 3. The Labute approximate surface area is 124 Å². The second kappa shape index (κ2) is 7.06. The zero-order valence-corrected chi connectivity index (χ0v) is 12.8. The van der Waals surface area contributed by atoms with Crippen molar-refractivity contribution < 1.29 is 0 Å². The molecule has 0 spiro atoms. The lowest BCUT2D eigenvalue weighted by Gasteiger charge is -2.25. The number of aromatic nitrogens is 2. The summed E-state index contributed by atoms with van der Waals surface area (Å²) in [5, 5.41) is 11.0. The van der Waals surface area contributed by atoms with Crippen molar-refractivity contribution in [3.8, 4) is 0 Å². The highest BCUT2D eigenvalue weighted by Gasteiger charge is 2.16. The van der Waals surface area contributed by atoms with Gasteiger partial charge in [0.15, 0.2) is 0 Å². The van der Waals surface area contributed by atoms with E-state index in [4.69, 9.17) is 11.6 Å². The first kappa shape index (κ1) is 15.3. The molecule has 1 aromatic rings. The predicted octanol–water partition coefficient (Wildman–Crippen LogP) is 0.622. The predicted molar refractivity (Wildman–Crippen MR) is 81.6 cm³/mol. The maximum absolute atomic E-state index is 12.1. The second-order valence-corrected chi connectivity index (χ2v) is 5.77. The van der Waals surface area contributed by atoms with Crippen LogP contribution in [0.1, 0.15) is 12.8 Å². The molecule has 1 saturated heterocycles. The van der Waals surface area contributed by atoms with Crippen LogP contribution in [0.4, 0.5) is 5.69 Å². The highest BCUT2D eigenvalue weighted by atomic mass is 35.5. The largest absolute Gasteiger partial charge is 0.378 e. The van der Waals surface area contributed by atoms with Crippen molar-refractivity contribution in [3.05, 3.63) is 21.6 Å². The van der Waals surface area contributed by atoms with Crippen LogP contribution in [0, 0.1) is 0 Å². The SMILES string of the molecule is CN(C)CCn1ncc(NC2CCCNC2)c(Cl)c1=O. The fourth-order valence-corrected chi connectivity index (χ4v) is 2.42. The standard InChI is InChI=1S/C13H22ClN5O/c1-18(2)6-7-19-13(20)12(14)11(9-16-19)17-10-4-3-5-15-8-10/h9-10,15,17H,3-8H2,1-2H3. The van der Waals surface area contributed by atoms with Crippen LogP contribution in [0.3, 0.4) is 0 Å². The number of rotatable bonds is 5. The topological polar surface area (TPSA) is 62.2 Å². The Hall–Kier alpha value is -1.11. The van der Waals surface area contributed by atoms with Gasteiger partial charge in [-0.15, -0.1) is 0 Å². The average molecular weight is 300 g/mol. The maximum atomic E-state index is 12.1. The molecular formula is C13H22ClN5O. The van der Waals surface area contributed by atoms with Gasteiger partial charge in [-0.05, 0) is 33.5 Å². The molecule has 1 aliphatic heterocycles. The molecule has 0 aliphatic carbocycles. The first-order chi connectivity index (χ1) is 9.58. The highest BCUT2D eigenvalue weighted by molar-refractivity contribution is 6.32. The van der Waals surface area contributed by atoms with Crippen molar-refractivity contribution in [3.63, 3.8) is 0 Å². The smallest absolute Gasteiger partial charge is 0.287 e. The van der Waals surface area contributed by atoms with Crippen molar-refractivity contribution in [2.45, 2.75) is 25.4 Å². The van der Waals surface area contributed by atoms with Crippen molar-refractivity contribution >= 4 is 17.3 Å². The molecule has 0 saturated carbocycles. The molecule has 1 unspecified atom stereocenters. The van der Waals surface area contributed by atoms with Gasteiger partial charge < -0.3 is 15.5 Å². The molecule has 1 aliphatic rings. The van der Waals surface area contributed by atoms with Gasteiger partial charge in [0.1, 0.15) is 5.02 Å². The summed E-state index contributed by atoms with van der Waals surface area (Å²) in [6.07, 6.45) is 3.85. The summed E-state index contributed by atoms with van der Waals surface area (Å²) in [6.45, 7) is 3.23. The lowest BCUT2D eigenvalue weighted by molar-refractivity contribution is 0.367. The quantitative estimate of drug-likeness (QED) is 0.835. The summed E-state index contributed by atoms with van der Waals surface area (Å²) in [7, 11) is 3.91. The summed E-state index contributed by atoms with van der Waals surface area (Å²) >= 11 is 6.16. The van der Waals surface area contributed by atoms with E-state index in [9.17, 15) is 4.79 Å². The highest BCUT2D eigenvalue weighted by Crippen LogP contribution is 2.18. The van der Waals surface area contributed by atoms with Gasteiger partial charge in [-0.1, -0.05) is 11.6 Å². The monoisotopic (exact) mass is 299 g/mol. The Morgan fingerprint density at radius 2 is 2.40 bits per heavy atom. The van der Waals surface area contributed by atoms with Crippen molar-refractivity contribution in [2.75, 3.05) is 39.0 Å². The number of hydrogen-bond donors (Lipinski definition) is 2. The summed E-state index contributed by atoms with van der Waals surface area (Å²) in [5.74, 6) is 0. The van der Waals surface area contributed by atoms with Crippen molar-refractivity contribution in [1.82, 2.24) is 20.0 Å². The number of halogens is 1. The summed E-state index contributed by atoms with van der Waals surface area (Å²) < 4.78 is 1.41. The Morgan fingerprint density at radius 3 is 3.05 bits per heavy atom. The number of hydrogen-bond acceptors (Lipinski definition) is 5. The van der Waals surface area contributed by atoms with Crippen LogP contribution in [0.5, 0.6) is 0 Å². The molecule has 0 bridgehead atoms. The van der Waals surface area contributed by atoms with Crippen LogP contribution in [-0.4, -0.2) is 54.5 Å². The molecule has 20 heavy (non-hydrogen) atoms. The number of nitrogens with one attached hydrogen (secondary N) is 2. The van der Waals surface area contributed by atoms with Crippen LogP contribution in [0.15, 0.2) is 11.0 Å².